The standard InChI is InChI=1S/C27H20N2O5/c1-16-8-7-13-29-22(30)14-19(28-26(16)29)15-33-27(32)21-12-6-11-20-23(31)17(2)24(34-25(20)21)18-9-4-3-5-10-18/h3-14H,15H2,1-2H3. The fourth-order valence-electron chi connectivity index (χ4n) is 3.94. The van der Waals surface area contributed by atoms with E-state index < -0.39 is 5.97 Å². The minimum Gasteiger partial charge on any atom is -0.455 e. The van der Waals surface area contributed by atoms with E-state index in [1.165, 1.54) is 10.5 Å². The van der Waals surface area contributed by atoms with Crippen LogP contribution in [0.1, 0.15) is 27.2 Å². The summed E-state index contributed by atoms with van der Waals surface area (Å²) in [6, 6.07) is 19.0. The SMILES string of the molecule is Cc1c(-c2ccccc2)oc2c(C(=O)OCc3cc(=O)n4cccc(C)c4n3)cccc2c1=O. The molecule has 0 saturated carbocycles. The van der Waals surface area contributed by atoms with Crippen LogP contribution in [0, 0.1) is 13.8 Å². The van der Waals surface area contributed by atoms with Crippen LogP contribution in [0.5, 0.6) is 0 Å². The van der Waals surface area contributed by atoms with Gasteiger partial charge in [0.05, 0.1) is 11.1 Å². The van der Waals surface area contributed by atoms with Crippen molar-refractivity contribution < 1.29 is 13.9 Å². The van der Waals surface area contributed by atoms with Crippen molar-refractivity contribution in [1.82, 2.24) is 9.38 Å². The minimum absolute atomic E-state index is 0.125. The number of rotatable bonds is 4. The van der Waals surface area contributed by atoms with Gasteiger partial charge in [0.15, 0.2) is 11.0 Å². The molecule has 2 aromatic carbocycles. The van der Waals surface area contributed by atoms with Crippen molar-refractivity contribution in [3.63, 3.8) is 0 Å². The summed E-state index contributed by atoms with van der Waals surface area (Å²) in [5.74, 6) is -0.276. The lowest BCUT2D eigenvalue weighted by Gasteiger charge is -2.11. The van der Waals surface area contributed by atoms with Gasteiger partial charge < -0.3 is 9.15 Å². The number of ether oxygens (including phenoxy) is 1. The van der Waals surface area contributed by atoms with Crippen molar-refractivity contribution in [3.8, 4) is 11.3 Å². The molecule has 3 heterocycles. The monoisotopic (exact) mass is 452 g/mol. The number of aromatic nitrogens is 2. The number of aryl methyl sites for hydroxylation is 1. The largest absolute Gasteiger partial charge is 0.455 e. The molecule has 0 N–H and O–H groups in total. The van der Waals surface area contributed by atoms with Gasteiger partial charge in [-0.25, -0.2) is 9.78 Å². The highest BCUT2D eigenvalue weighted by molar-refractivity contribution is 6.02. The second-order valence-electron chi connectivity index (χ2n) is 7.98. The maximum atomic E-state index is 13.0. The van der Waals surface area contributed by atoms with Gasteiger partial charge >= 0.3 is 5.97 Å². The van der Waals surface area contributed by atoms with Crippen molar-refractivity contribution in [2.75, 3.05) is 0 Å². The maximum absolute atomic E-state index is 13.0. The Kier molecular flexibility index (Phi) is 5.30. The smallest absolute Gasteiger partial charge is 0.342 e. The zero-order valence-corrected chi connectivity index (χ0v) is 18.6. The molecule has 0 bridgehead atoms. The van der Waals surface area contributed by atoms with E-state index in [2.05, 4.69) is 4.98 Å². The summed E-state index contributed by atoms with van der Waals surface area (Å²) >= 11 is 0. The second-order valence-corrected chi connectivity index (χ2v) is 7.98. The summed E-state index contributed by atoms with van der Waals surface area (Å²) in [7, 11) is 0. The number of hydrogen-bond donors (Lipinski definition) is 0. The van der Waals surface area contributed by atoms with Crippen LogP contribution < -0.4 is 11.0 Å². The molecule has 0 unspecified atom stereocenters. The van der Waals surface area contributed by atoms with Crippen LogP contribution in [0.3, 0.4) is 0 Å². The number of para-hydroxylation sites is 1. The van der Waals surface area contributed by atoms with Gasteiger partial charge in [-0.1, -0.05) is 42.5 Å². The van der Waals surface area contributed by atoms with E-state index in [1.807, 2.05) is 43.3 Å². The van der Waals surface area contributed by atoms with Crippen LogP contribution in [0.4, 0.5) is 0 Å². The van der Waals surface area contributed by atoms with E-state index in [9.17, 15) is 14.4 Å². The molecule has 0 fully saturated rings. The Hall–Kier alpha value is -4.52. The number of benzene rings is 2. The third-order valence-corrected chi connectivity index (χ3v) is 5.69. The van der Waals surface area contributed by atoms with Gasteiger partial charge in [-0.2, -0.15) is 0 Å². The molecule has 5 aromatic rings. The fourth-order valence-corrected chi connectivity index (χ4v) is 3.94. The Morgan fingerprint density at radius 2 is 1.79 bits per heavy atom. The number of pyridine rings is 1. The molecule has 7 heteroatoms. The molecule has 0 spiro atoms. The van der Waals surface area contributed by atoms with Crippen LogP contribution in [0.15, 0.2) is 86.9 Å². The van der Waals surface area contributed by atoms with Crippen LogP contribution in [0.2, 0.25) is 0 Å². The summed E-state index contributed by atoms with van der Waals surface area (Å²) < 4.78 is 13.0. The van der Waals surface area contributed by atoms with E-state index >= 15 is 0 Å². The Labute approximate surface area is 193 Å². The van der Waals surface area contributed by atoms with E-state index in [0.717, 1.165) is 11.1 Å². The number of esters is 1. The van der Waals surface area contributed by atoms with Crippen molar-refractivity contribution in [2.24, 2.45) is 0 Å². The average Bonchev–Trinajstić information content (AvgIpc) is 2.85. The second kappa shape index (κ2) is 8.44. The van der Waals surface area contributed by atoms with Crippen molar-refractivity contribution >= 4 is 22.6 Å². The molecule has 0 aliphatic rings. The van der Waals surface area contributed by atoms with Gasteiger partial charge in [0.2, 0.25) is 0 Å². The molecule has 5 rings (SSSR count). The van der Waals surface area contributed by atoms with Gasteiger partial charge in [0.25, 0.3) is 5.56 Å². The molecule has 7 nitrogen and oxygen atoms in total. The molecule has 0 aliphatic heterocycles. The van der Waals surface area contributed by atoms with E-state index in [-0.39, 0.29) is 28.7 Å². The lowest BCUT2D eigenvalue weighted by atomic mass is 10.0. The third-order valence-electron chi connectivity index (χ3n) is 5.69. The summed E-state index contributed by atoms with van der Waals surface area (Å²) in [5, 5.41) is 0.296. The van der Waals surface area contributed by atoms with Gasteiger partial charge in [-0.05, 0) is 37.6 Å². The van der Waals surface area contributed by atoms with Crippen molar-refractivity contribution in [2.45, 2.75) is 20.5 Å². The molecular formula is C27H20N2O5. The Balaban J connectivity index is 1.52. The molecule has 0 radical (unpaired) electrons. The zero-order valence-electron chi connectivity index (χ0n) is 18.6. The Bertz CT molecular complexity index is 1680. The number of carbonyl (C=O) groups is 1. The fraction of sp³-hybridized carbons (Fsp3) is 0.111. The summed E-state index contributed by atoms with van der Waals surface area (Å²) in [5.41, 5.74) is 2.65. The average molecular weight is 452 g/mol. The highest BCUT2D eigenvalue weighted by Crippen LogP contribution is 2.27. The molecule has 0 saturated heterocycles. The number of fused-ring (bicyclic) bond motifs is 2. The predicted molar refractivity (Wildman–Crippen MR) is 128 cm³/mol. The van der Waals surface area contributed by atoms with Crippen molar-refractivity contribution in [1.29, 1.82) is 0 Å². The third kappa shape index (κ3) is 3.67. The number of carbonyl (C=O) groups excluding carboxylic acids is 1. The molecule has 0 amide bonds. The Morgan fingerprint density at radius 1 is 1.00 bits per heavy atom. The van der Waals surface area contributed by atoms with E-state index in [1.54, 1.807) is 37.4 Å². The highest BCUT2D eigenvalue weighted by Gasteiger charge is 2.19. The summed E-state index contributed by atoms with van der Waals surface area (Å²) in [4.78, 5) is 42.9. The number of hydrogen-bond acceptors (Lipinski definition) is 6. The maximum Gasteiger partial charge on any atom is 0.342 e. The van der Waals surface area contributed by atoms with Crippen LogP contribution in [-0.4, -0.2) is 15.4 Å². The molecular weight excluding hydrogens is 432 g/mol. The zero-order chi connectivity index (χ0) is 23.8. The van der Waals surface area contributed by atoms with Crippen molar-refractivity contribution in [3.05, 3.63) is 116 Å². The van der Waals surface area contributed by atoms with Crippen LogP contribution >= 0.6 is 0 Å². The summed E-state index contributed by atoms with van der Waals surface area (Å²) in [6.45, 7) is 3.35. The number of nitrogens with zero attached hydrogens (tertiary/aromatic N) is 2. The van der Waals surface area contributed by atoms with Crippen LogP contribution in [-0.2, 0) is 11.3 Å². The van der Waals surface area contributed by atoms with Gasteiger partial charge in [-0.15, -0.1) is 0 Å². The van der Waals surface area contributed by atoms with Gasteiger partial charge in [0, 0.05) is 23.4 Å². The first-order chi connectivity index (χ1) is 16.4. The lowest BCUT2D eigenvalue weighted by Crippen LogP contribution is -2.17. The first kappa shape index (κ1) is 21.3. The molecule has 3 aromatic heterocycles. The van der Waals surface area contributed by atoms with Gasteiger partial charge in [0.1, 0.15) is 23.6 Å². The Morgan fingerprint density at radius 3 is 2.59 bits per heavy atom. The van der Waals surface area contributed by atoms with Gasteiger partial charge in [-0.3, -0.25) is 14.0 Å². The summed E-state index contributed by atoms with van der Waals surface area (Å²) in [6.07, 6.45) is 1.64. The predicted octanol–water partition coefficient (Wildman–Crippen LogP) is 4.44. The quantitative estimate of drug-likeness (QED) is 0.375. The van der Waals surface area contributed by atoms with Crippen LogP contribution in [0.25, 0.3) is 27.9 Å². The molecule has 168 valence electrons. The highest BCUT2D eigenvalue weighted by atomic mass is 16.5. The normalized spacial score (nSPS) is 11.1. The molecule has 34 heavy (non-hydrogen) atoms. The van der Waals surface area contributed by atoms with E-state index in [4.69, 9.17) is 9.15 Å². The first-order valence-corrected chi connectivity index (χ1v) is 10.7. The topological polar surface area (TPSA) is 90.9 Å². The lowest BCUT2D eigenvalue weighted by molar-refractivity contribution is 0.0468. The molecule has 0 atom stereocenters. The van der Waals surface area contributed by atoms with E-state index in [0.29, 0.717) is 28.1 Å². The minimum atomic E-state index is -0.677. The first-order valence-electron chi connectivity index (χ1n) is 10.7. The molecule has 0 aliphatic carbocycles.